The molecule has 0 radical (unpaired) electrons. The summed E-state index contributed by atoms with van der Waals surface area (Å²) in [6, 6.07) is 9.09. The molecule has 0 atom stereocenters. The lowest BCUT2D eigenvalue weighted by Crippen LogP contribution is -2.26. The van der Waals surface area contributed by atoms with Crippen LogP contribution in [0.3, 0.4) is 0 Å². The molecule has 0 bridgehead atoms. The SMILES string of the molecule is COCC(=O)NCc1ccc(C#N)cc1. The van der Waals surface area contributed by atoms with E-state index in [2.05, 4.69) is 10.1 Å². The van der Waals surface area contributed by atoms with E-state index in [1.807, 2.05) is 18.2 Å². The molecule has 15 heavy (non-hydrogen) atoms. The van der Waals surface area contributed by atoms with Gasteiger partial charge in [0.1, 0.15) is 6.61 Å². The maximum Gasteiger partial charge on any atom is 0.246 e. The van der Waals surface area contributed by atoms with Crippen LogP contribution in [0.25, 0.3) is 0 Å². The van der Waals surface area contributed by atoms with E-state index < -0.39 is 0 Å². The normalized spacial score (nSPS) is 9.33. The number of rotatable bonds is 4. The zero-order valence-corrected chi connectivity index (χ0v) is 8.49. The molecule has 78 valence electrons. The number of hydrogen-bond donors (Lipinski definition) is 1. The summed E-state index contributed by atoms with van der Waals surface area (Å²) in [6.07, 6.45) is 0. The van der Waals surface area contributed by atoms with Gasteiger partial charge in [0.15, 0.2) is 0 Å². The van der Waals surface area contributed by atoms with Gasteiger partial charge in [0, 0.05) is 13.7 Å². The molecular formula is C11H12N2O2. The summed E-state index contributed by atoms with van der Waals surface area (Å²) < 4.78 is 4.67. The maximum absolute atomic E-state index is 11.1. The van der Waals surface area contributed by atoms with Crippen LogP contribution >= 0.6 is 0 Å². The highest BCUT2D eigenvalue weighted by molar-refractivity contribution is 5.77. The maximum atomic E-state index is 11.1. The van der Waals surface area contributed by atoms with Crippen LogP contribution in [0, 0.1) is 11.3 Å². The van der Waals surface area contributed by atoms with Crippen molar-refractivity contribution in [2.24, 2.45) is 0 Å². The number of nitriles is 1. The molecule has 1 aromatic rings. The molecule has 4 nitrogen and oxygen atoms in total. The smallest absolute Gasteiger partial charge is 0.246 e. The zero-order valence-electron chi connectivity index (χ0n) is 8.49. The van der Waals surface area contributed by atoms with Crippen molar-refractivity contribution < 1.29 is 9.53 Å². The van der Waals surface area contributed by atoms with E-state index in [-0.39, 0.29) is 12.5 Å². The highest BCUT2D eigenvalue weighted by Gasteiger charge is 1.99. The summed E-state index contributed by atoms with van der Waals surface area (Å²) in [5.41, 5.74) is 1.57. The number of nitrogens with one attached hydrogen (secondary N) is 1. The Kier molecular flexibility index (Phi) is 4.32. The fraction of sp³-hybridized carbons (Fsp3) is 0.273. The molecule has 1 N–H and O–H groups in total. The van der Waals surface area contributed by atoms with Crippen molar-refractivity contribution >= 4 is 5.91 Å². The Morgan fingerprint density at radius 2 is 2.13 bits per heavy atom. The molecule has 0 aromatic heterocycles. The second kappa shape index (κ2) is 5.78. The molecule has 1 amide bonds. The predicted molar refractivity (Wildman–Crippen MR) is 54.9 cm³/mol. The van der Waals surface area contributed by atoms with Crippen LogP contribution in [0.2, 0.25) is 0 Å². The Balaban J connectivity index is 2.45. The number of methoxy groups -OCH3 is 1. The summed E-state index contributed by atoms with van der Waals surface area (Å²) >= 11 is 0. The molecular weight excluding hydrogens is 192 g/mol. The first-order chi connectivity index (χ1) is 7.26. The molecule has 0 spiro atoms. The molecule has 0 aliphatic rings. The summed E-state index contributed by atoms with van der Waals surface area (Å²) in [4.78, 5) is 11.1. The lowest BCUT2D eigenvalue weighted by Gasteiger charge is -2.04. The predicted octanol–water partition coefficient (Wildman–Crippen LogP) is 0.821. The van der Waals surface area contributed by atoms with Crippen LogP contribution in [0.4, 0.5) is 0 Å². The standard InChI is InChI=1S/C11H12N2O2/c1-15-8-11(14)13-7-10-4-2-9(6-12)3-5-10/h2-5H,7-8H2,1H3,(H,13,14). The van der Waals surface area contributed by atoms with E-state index in [0.29, 0.717) is 12.1 Å². The summed E-state index contributed by atoms with van der Waals surface area (Å²) in [5.74, 6) is -0.151. The second-order valence-electron chi connectivity index (χ2n) is 3.02. The number of benzene rings is 1. The molecule has 0 fully saturated rings. The molecule has 0 heterocycles. The number of ether oxygens (including phenoxy) is 1. The molecule has 0 aliphatic carbocycles. The Morgan fingerprint density at radius 1 is 1.47 bits per heavy atom. The van der Waals surface area contributed by atoms with Gasteiger partial charge < -0.3 is 10.1 Å². The van der Waals surface area contributed by atoms with Gasteiger partial charge in [-0.15, -0.1) is 0 Å². The first-order valence-electron chi connectivity index (χ1n) is 4.51. The topological polar surface area (TPSA) is 62.1 Å². The Hall–Kier alpha value is -1.86. The summed E-state index contributed by atoms with van der Waals surface area (Å²) in [6.45, 7) is 0.518. The zero-order chi connectivity index (χ0) is 11.1. The van der Waals surface area contributed by atoms with Crippen LogP contribution in [0.15, 0.2) is 24.3 Å². The number of carbonyl (C=O) groups excluding carboxylic acids is 1. The Labute approximate surface area is 88.5 Å². The minimum atomic E-state index is -0.151. The van der Waals surface area contributed by atoms with Crippen molar-refractivity contribution in [1.82, 2.24) is 5.32 Å². The largest absolute Gasteiger partial charge is 0.375 e. The third-order valence-corrected chi connectivity index (χ3v) is 1.85. The fourth-order valence-electron chi connectivity index (χ4n) is 1.08. The van der Waals surface area contributed by atoms with Crippen molar-refractivity contribution in [3.8, 4) is 6.07 Å². The van der Waals surface area contributed by atoms with Crippen LogP contribution in [-0.2, 0) is 16.1 Å². The lowest BCUT2D eigenvalue weighted by atomic mass is 10.1. The van der Waals surface area contributed by atoms with Crippen LogP contribution in [0.1, 0.15) is 11.1 Å². The quantitative estimate of drug-likeness (QED) is 0.789. The summed E-state index contributed by atoms with van der Waals surface area (Å²) in [5, 5.41) is 11.3. The van der Waals surface area contributed by atoms with Gasteiger partial charge in [0.2, 0.25) is 5.91 Å². The molecule has 0 saturated heterocycles. The Morgan fingerprint density at radius 3 is 2.67 bits per heavy atom. The number of carbonyl (C=O) groups is 1. The molecule has 0 aliphatic heterocycles. The highest BCUT2D eigenvalue weighted by Crippen LogP contribution is 2.02. The minimum Gasteiger partial charge on any atom is -0.375 e. The molecule has 0 unspecified atom stereocenters. The second-order valence-corrected chi connectivity index (χ2v) is 3.02. The van der Waals surface area contributed by atoms with Crippen LogP contribution in [-0.4, -0.2) is 19.6 Å². The molecule has 4 heteroatoms. The van der Waals surface area contributed by atoms with E-state index in [1.54, 1.807) is 12.1 Å². The van der Waals surface area contributed by atoms with Gasteiger partial charge in [0.05, 0.1) is 11.6 Å². The van der Waals surface area contributed by atoms with Gasteiger partial charge >= 0.3 is 0 Å². The summed E-state index contributed by atoms with van der Waals surface area (Å²) in [7, 11) is 1.47. The molecule has 0 saturated carbocycles. The van der Waals surface area contributed by atoms with Crippen molar-refractivity contribution in [3.63, 3.8) is 0 Å². The van der Waals surface area contributed by atoms with Crippen molar-refractivity contribution in [3.05, 3.63) is 35.4 Å². The monoisotopic (exact) mass is 204 g/mol. The van der Waals surface area contributed by atoms with Crippen molar-refractivity contribution in [2.75, 3.05) is 13.7 Å². The van der Waals surface area contributed by atoms with Crippen LogP contribution < -0.4 is 5.32 Å². The van der Waals surface area contributed by atoms with Gasteiger partial charge in [-0.05, 0) is 17.7 Å². The average molecular weight is 204 g/mol. The van der Waals surface area contributed by atoms with Gasteiger partial charge in [0.25, 0.3) is 0 Å². The van der Waals surface area contributed by atoms with E-state index in [4.69, 9.17) is 5.26 Å². The third-order valence-electron chi connectivity index (χ3n) is 1.85. The van der Waals surface area contributed by atoms with E-state index >= 15 is 0 Å². The van der Waals surface area contributed by atoms with Crippen LogP contribution in [0.5, 0.6) is 0 Å². The minimum absolute atomic E-state index is 0.0658. The fourth-order valence-corrected chi connectivity index (χ4v) is 1.08. The van der Waals surface area contributed by atoms with Gasteiger partial charge in [-0.25, -0.2) is 0 Å². The highest BCUT2D eigenvalue weighted by atomic mass is 16.5. The van der Waals surface area contributed by atoms with Gasteiger partial charge in [-0.3, -0.25) is 4.79 Å². The van der Waals surface area contributed by atoms with E-state index in [9.17, 15) is 4.79 Å². The first kappa shape index (κ1) is 11.2. The number of hydrogen-bond acceptors (Lipinski definition) is 3. The van der Waals surface area contributed by atoms with E-state index in [0.717, 1.165) is 5.56 Å². The van der Waals surface area contributed by atoms with Crippen molar-refractivity contribution in [1.29, 1.82) is 5.26 Å². The lowest BCUT2D eigenvalue weighted by molar-refractivity contribution is -0.124. The Bertz CT molecular complexity index is 365. The number of amides is 1. The first-order valence-corrected chi connectivity index (χ1v) is 4.51. The van der Waals surface area contributed by atoms with Crippen molar-refractivity contribution in [2.45, 2.75) is 6.54 Å². The van der Waals surface area contributed by atoms with E-state index in [1.165, 1.54) is 7.11 Å². The molecule has 1 rings (SSSR count). The van der Waals surface area contributed by atoms with Gasteiger partial charge in [-0.2, -0.15) is 5.26 Å². The van der Waals surface area contributed by atoms with Gasteiger partial charge in [-0.1, -0.05) is 12.1 Å². The average Bonchev–Trinajstić information content (AvgIpc) is 2.27. The third kappa shape index (κ3) is 3.79. The molecule has 1 aromatic carbocycles. The number of nitrogens with zero attached hydrogens (tertiary/aromatic N) is 1.